The summed E-state index contributed by atoms with van der Waals surface area (Å²) in [6.45, 7) is 0. The Morgan fingerprint density at radius 2 is 1.61 bits per heavy atom. The number of benzene rings is 2. The van der Waals surface area contributed by atoms with Gasteiger partial charge in [0.25, 0.3) is 5.56 Å². The van der Waals surface area contributed by atoms with Crippen LogP contribution in [0.5, 0.6) is 11.6 Å². The molecule has 140 valence electrons. The van der Waals surface area contributed by atoms with Crippen LogP contribution in [0.2, 0.25) is 0 Å². The Morgan fingerprint density at radius 1 is 0.857 bits per heavy atom. The molecule has 4 aromatic rings. The molecule has 0 N–H and O–H groups in total. The number of rotatable bonds is 3. The summed E-state index contributed by atoms with van der Waals surface area (Å²) in [5.74, 6) is -3.95. The third kappa shape index (κ3) is 3.07. The van der Waals surface area contributed by atoms with Crippen LogP contribution < -0.4 is 10.3 Å². The fourth-order valence-corrected chi connectivity index (χ4v) is 2.68. The first-order valence-corrected chi connectivity index (χ1v) is 7.90. The number of halogens is 4. The van der Waals surface area contributed by atoms with Crippen LogP contribution in [-0.2, 0) is 0 Å². The Balaban J connectivity index is 1.84. The molecular weight excluding hydrogens is 378 g/mol. The first kappa shape index (κ1) is 17.7. The Kier molecular flexibility index (Phi) is 4.26. The summed E-state index contributed by atoms with van der Waals surface area (Å²) >= 11 is 0. The monoisotopic (exact) mass is 387 g/mol. The highest BCUT2D eigenvalue weighted by atomic mass is 19.1. The van der Waals surface area contributed by atoms with Crippen molar-refractivity contribution in [3.05, 3.63) is 88.5 Å². The maximum absolute atomic E-state index is 14.2. The Labute approximate surface area is 154 Å². The summed E-state index contributed by atoms with van der Waals surface area (Å²) in [7, 11) is 0. The molecular formula is C19H9F4N3O2. The Hall–Kier alpha value is -3.75. The molecule has 0 fully saturated rings. The van der Waals surface area contributed by atoms with Crippen LogP contribution in [0.3, 0.4) is 0 Å². The van der Waals surface area contributed by atoms with E-state index >= 15 is 0 Å². The summed E-state index contributed by atoms with van der Waals surface area (Å²) < 4.78 is 61.4. The molecule has 0 atom stereocenters. The standard InChI is InChI=1S/C19H9F4N3O2/c20-10-4-6-15(13(23)8-10)28-16-7-5-14-18(19(27)24-9-26(14)25-16)17-11(21)2-1-3-12(17)22/h1-9H. The average molecular weight is 387 g/mol. The van der Waals surface area contributed by atoms with Crippen LogP contribution in [0.15, 0.2) is 59.7 Å². The van der Waals surface area contributed by atoms with E-state index in [1.54, 1.807) is 0 Å². The molecule has 0 spiro atoms. The van der Waals surface area contributed by atoms with E-state index in [1.165, 1.54) is 18.2 Å². The van der Waals surface area contributed by atoms with E-state index in [0.717, 1.165) is 35.1 Å². The van der Waals surface area contributed by atoms with Gasteiger partial charge < -0.3 is 4.74 Å². The van der Waals surface area contributed by atoms with Crippen LogP contribution in [0.25, 0.3) is 16.6 Å². The van der Waals surface area contributed by atoms with Gasteiger partial charge in [-0.1, -0.05) is 6.07 Å². The molecule has 9 heteroatoms. The molecule has 0 saturated carbocycles. The van der Waals surface area contributed by atoms with Gasteiger partial charge in [-0.2, -0.15) is 4.98 Å². The van der Waals surface area contributed by atoms with Crippen molar-refractivity contribution in [1.82, 2.24) is 14.6 Å². The molecule has 28 heavy (non-hydrogen) atoms. The molecule has 0 bridgehead atoms. The molecule has 4 rings (SSSR count). The molecule has 0 aliphatic carbocycles. The molecule has 5 nitrogen and oxygen atoms in total. The molecule has 0 radical (unpaired) electrons. The highest BCUT2D eigenvalue weighted by molar-refractivity contribution is 5.79. The molecule has 0 amide bonds. The van der Waals surface area contributed by atoms with Crippen molar-refractivity contribution < 1.29 is 22.3 Å². The molecule has 2 aromatic heterocycles. The van der Waals surface area contributed by atoms with Crippen LogP contribution >= 0.6 is 0 Å². The predicted molar refractivity (Wildman–Crippen MR) is 91.0 cm³/mol. The minimum atomic E-state index is -0.936. The van der Waals surface area contributed by atoms with Crippen molar-refractivity contribution in [2.45, 2.75) is 0 Å². The average Bonchev–Trinajstić information content (AvgIpc) is 2.65. The zero-order valence-electron chi connectivity index (χ0n) is 13.9. The van der Waals surface area contributed by atoms with Gasteiger partial charge in [0.2, 0.25) is 5.88 Å². The van der Waals surface area contributed by atoms with E-state index in [1.807, 2.05) is 0 Å². The third-order valence-corrected chi connectivity index (χ3v) is 3.91. The van der Waals surface area contributed by atoms with Gasteiger partial charge in [0.05, 0.1) is 16.6 Å². The van der Waals surface area contributed by atoms with E-state index in [9.17, 15) is 22.4 Å². The quantitative estimate of drug-likeness (QED) is 0.497. The molecule has 2 aromatic carbocycles. The summed E-state index contributed by atoms with van der Waals surface area (Å²) in [6, 6.07) is 8.55. The maximum Gasteiger partial charge on any atom is 0.281 e. The van der Waals surface area contributed by atoms with E-state index in [-0.39, 0.29) is 22.7 Å². The topological polar surface area (TPSA) is 56.5 Å². The summed E-state index contributed by atoms with van der Waals surface area (Å²) in [5.41, 5.74) is -1.62. The van der Waals surface area contributed by atoms with Crippen LogP contribution in [0.1, 0.15) is 0 Å². The van der Waals surface area contributed by atoms with Gasteiger partial charge in [-0.15, -0.1) is 5.10 Å². The van der Waals surface area contributed by atoms with E-state index < -0.39 is 34.4 Å². The van der Waals surface area contributed by atoms with Crippen molar-refractivity contribution in [2.75, 3.05) is 0 Å². The fraction of sp³-hybridized carbons (Fsp3) is 0. The smallest absolute Gasteiger partial charge is 0.281 e. The second-order valence-corrected chi connectivity index (χ2v) is 5.70. The zero-order chi connectivity index (χ0) is 19.8. The normalized spacial score (nSPS) is 11.0. The van der Waals surface area contributed by atoms with Crippen LogP contribution in [0, 0.1) is 23.3 Å². The predicted octanol–water partition coefficient (Wildman–Crippen LogP) is 4.11. The Morgan fingerprint density at radius 3 is 2.32 bits per heavy atom. The van der Waals surface area contributed by atoms with Gasteiger partial charge in [0, 0.05) is 12.1 Å². The number of hydrogen-bond acceptors (Lipinski definition) is 4. The van der Waals surface area contributed by atoms with Gasteiger partial charge in [0.1, 0.15) is 23.8 Å². The van der Waals surface area contributed by atoms with E-state index in [4.69, 9.17) is 4.74 Å². The highest BCUT2D eigenvalue weighted by Crippen LogP contribution is 2.28. The maximum atomic E-state index is 14.2. The molecule has 0 saturated heterocycles. The SMILES string of the molecule is O=c1ncn2nc(Oc3ccc(F)cc3F)ccc2c1-c1c(F)cccc1F. The lowest BCUT2D eigenvalue weighted by Gasteiger charge is -2.10. The summed E-state index contributed by atoms with van der Waals surface area (Å²) in [6.07, 6.45) is 1.04. The number of hydrogen-bond donors (Lipinski definition) is 0. The Bertz CT molecular complexity index is 1250. The van der Waals surface area contributed by atoms with Gasteiger partial charge in [-0.05, 0) is 30.3 Å². The number of aromatic nitrogens is 3. The summed E-state index contributed by atoms with van der Waals surface area (Å²) in [5, 5.41) is 4.01. The largest absolute Gasteiger partial charge is 0.434 e. The minimum Gasteiger partial charge on any atom is -0.434 e. The van der Waals surface area contributed by atoms with Crippen LogP contribution in [0.4, 0.5) is 17.6 Å². The number of nitrogens with zero attached hydrogens (tertiary/aromatic N) is 3. The third-order valence-electron chi connectivity index (χ3n) is 3.91. The van der Waals surface area contributed by atoms with E-state index in [2.05, 4.69) is 10.1 Å². The lowest BCUT2D eigenvalue weighted by Crippen LogP contribution is -2.15. The van der Waals surface area contributed by atoms with Crippen molar-refractivity contribution in [3.8, 4) is 22.8 Å². The molecule has 2 heterocycles. The minimum absolute atomic E-state index is 0.0657. The van der Waals surface area contributed by atoms with Crippen molar-refractivity contribution in [3.63, 3.8) is 0 Å². The first-order chi connectivity index (χ1) is 13.4. The highest BCUT2D eigenvalue weighted by Gasteiger charge is 2.19. The van der Waals surface area contributed by atoms with Crippen molar-refractivity contribution >= 4 is 5.52 Å². The zero-order valence-corrected chi connectivity index (χ0v) is 13.9. The van der Waals surface area contributed by atoms with Gasteiger partial charge in [-0.3, -0.25) is 4.79 Å². The fourth-order valence-electron chi connectivity index (χ4n) is 2.68. The molecule has 0 aliphatic rings. The van der Waals surface area contributed by atoms with Crippen molar-refractivity contribution in [2.24, 2.45) is 0 Å². The van der Waals surface area contributed by atoms with Crippen LogP contribution in [-0.4, -0.2) is 14.6 Å². The van der Waals surface area contributed by atoms with Gasteiger partial charge in [0.15, 0.2) is 11.6 Å². The van der Waals surface area contributed by atoms with Gasteiger partial charge in [-0.25, -0.2) is 22.1 Å². The summed E-state index contributed by atoms with van der Waals surface area (Å²) in [4.78, 5) is 15.8. The second kappa shape index (κ2) is 6.76. The second-order valence-electron chi connectivity index (χ2n) is 5.70. The van der Waals surface area contributed by atoms with Gasteiger partial charge >= 0.3 is 0 Å². The van der Waals surface area contributed by atoms with E-state index in [0.29, 0.717) is 6.07 Å². The van der Waals surface area contributed by atoms with Crippen molar-refractivity contribution in [1.29, 1.82) is 0 Å². The number of fused-ring (bicyclic) bond motifs is 1. The number of ether oxygens (including phenoxy) is 1. The lowest BCUT2D eigenvalue weighted by atomic mass is 10.1. The molecule has 0 unspecified atom stereocenters. The first-order valence-electron chi connectivity index (χ1n) is 7.90. The molecule has 0 aliphatic heterocycles. The lowest BCUT2D eigenvalue weighted by molar-refractivity contribution is 0.416.